The van der Waals surface area contributed by atoms with Crippen LogP contribution in [0.15, 0.2) is 22.8 Å². The molecule has 0 aliphatic heterocycles. The summed E-state index contributed by atoms with van der Waals surface area (Å²) in [7, 11) is 0. The summed E-state index contributed by atoms with van der Waals surface area (Å²) >= 11 is 0. The fourth-order valence-electron chi connectivity index (χ4n) is 2.71. The third kappa shape index (κ3) is 1.92. The molecule has 0 fully saturated rings. The maximum Gasteiger partial charge on any atom is 0.337 e. The molecule has 4 heteroatoms. The topological polar surface area (TPSA) is 63.3 Å². The van der Waals surface area contributed by atoms with Gasteiger partial charge in [-0.1, -0.05) is 20.8 Å². The number of rotatable bonds is 1. The van der Waals surface area contributed by atoms with Gasteiger partial charge in [0.25, 0.3) is 0 Å². The first-order valence-electron chi connectivity index (χ1n) is 6.72. The molecule has 104 valence electrons. The number of carbonyl (C=O) groups is 1. The number of nitrogens with zero attached hydrogens (tertiary/aromatic N) is 1. The van der Waals surface area contributed by atoms with Gasteiger partial charge in [-0.2, -0.15) is 0 Å². The zero-order chi connectivity index (χ0) is 14.5. The van der Waals surface area contributed by atoms with Crippen LogP contribution in [0.1, 0.15) is 48.1 Å². The van der Waals surface area contributed by atoms with E-state index in [0.717, 1.165) is 35.4 Å². The normalized spacial score (nSPS) is 13.8. The molecule has 20 heavy (non-hydrogen) atoms. The van der Waals surface area contributed by atoms with E-state index < -0.39 is 5.97 Å². The second-order valence-electron chi connectivity index (χ2n) is 6.20. The first kappa shape index (κ1) is 12.9. The molecule has 0 aromatic carbocycles. The number of aromatic carboxylic acids is 1. The monoisotopic (exact) mass is 271 g/mol. The van der Waals surface area contributed by atoms with Crippen LogP contribution < -0.4 is 0 Å². The zero-order valence-electron chi connectivity index (χ0n) is 11.9. The predicted octanol–water partition coefficient (Wildman–Crippen LogP) is 3.44. The quantitative estimate of drug-likeness (QED) is 0.863. The number of fused-ring (bicyclic) bond motifs is 3. The number of furan rings is 1. The number of pyridine rings is 1. The Morgan fingerprint density at radius 1 is 1.35 bits per heavy atom. The zero-order valence-corrected chi connectivity index (χ0v) is 11.9. The molecule has 0 saturated heterocycles. The van der Waals surface area contributed by atoms with Gasteiger partial charge in [-0.05, 0) is 24.1 Å². The summed E-state index contributed by atoms with van der Waals surface area (Å²) in [5.41, 5.74) is 3.47. The van der Waals surface area contributed by atoms with Crippen LogP contribution in [-0.4, -0.2) is 16.1 Å². The Morgan fingerprint density at radius 3 is 2.75 bits per heavy atom. The standard InChI is InChI=1S/C16H17NO3/c1-16(2,3)14-11(15(18)19)8-9-4-5-12-10(6-7-20-12)13(9)17-14/h6-8H,4-5H2,1-3H3,(H,18,19). The molecule has 2 heterocycles. The van der Waals surface area contributed by atoms with Gasteiger partial charge in [0.15, 0.2) is 0 Å². The molecule has 4 nitrogen and oxygen atoms in total. The maximum atomic E-state index is 11.5. The summed E-state index contributed by atoms with van der Waals surface area (Å²) in [5.74, 6) is 0.0242. The SMILES string of the molecule is CC(C)(C)c1nc2c(cc1C(=O)O)CCc1occc1-2. The molecule has 0 bridgehead atoms. The van der Waals surface area contributed by atoms with Crippen LogP contribution in [0.25, 0.3) is 11.3 Å². The lowest BCUT2D eigenvalue weighted by Gasteiger charge is -2.24. The number of aromatic nitrogens is 1. The van der Waals surface area contributed by atoms with E-state index in [4.69, 9.17) is 4.42 Å². The fourth-order valence-corrected chi connectivity index (χ4v) is 2.71. The van der Waals surface area contributed by atoms with Gasteiger partial charge in [-0.3, -0.25) is 4.98 Å². The Hall–Kier alpha value is -2.10. The molecule has 3 rings (SSSR count). The molecule has 0 radical (unpaired) electrons. The molecular formula is C16H17NO3. The van der Waals surface area contributed by atoms with Crippen LogP contribution in [0.4, 0.5) is 0 Å². The lowest BCUT2D eigenvalue weighted by molar-refractivity contribution is 0.0693. The van der Waals surface area contributed by atoms with Crippen LogP contribution in [0.5, 0.6) is 0 Å². The van der Waals surface area contributed by atoms with E-state index in [0.29, 0.717) is 11.3 Å². The Bertz CT molecular complexity index is 692. The number of carboxylic acid groups (broad SMARTS) is 1. The maximum absolute atomic E-state index is 11.5. The summed E-state index contributed by atoms with van der Waals surface area (Å²) in [4.78, 5) is 16.2. The van der Waals surface area contributed by atoms with E-state index in [2.05, 4.69) is 4.98 Å². The van der Waals surface area contributed by atoms with Crippen molar-refractivity contribution in [3.63, 3.8) is 0 Å². The van der Waals surface area contributed by atoms with Crippen molar-refractivity contribution in [3.05, 3.63) is 41.0 Å². The third-order valence-electron chi connectivity index (χ3n) is 3.66. The summed E-state index contributed by atoms with van der Waals surface area (Å²) in [6.45, 7) is 5.94. The Kier molecular flexibility index (Phi) is 2.71. The largest absolute Gasteiger partial charge is 0.478 e. The lowest BCUT2D eigenvalue weighted by atomic mass is 9.85. The highest BCUT2D eigenvalue weighted by atomic mass is 16.4. The van der Waals surface area contributed by atoms with Gasteiger partial charge >= 0.3 is 5.97 Å². The third-order valence-corrected chi connectivity index (χ3v) is 3.66. The van der Waals surface area contributed by atoms with E-state index in [-0.39, 0.29) is 5.41 Å². The summed E-state index contributed by atoms with van der Waals surface area (Å²) in [6.07, 6.45) is 3.24. The van der Waals surface area contributed by atoms with E-state index in [9.17, 15) is 9.90 Å². The minimum Gasteiger partial charge on any atom is -0.478 e. The van der Waals surface area contributed by atoms with Crippen molar-refractivity contribution in [1.82, 2.24) is 4.98 Å². The summed E-state index contributed by atoms with van der Waals surface area (Å²) < 4.78 is 5.46. The van der Waals surface area contributed by atoms with E-state index in [1.54, 1.807) is 12.3 Å². The van der Waals surface area contributed by atoms with Crippen molar-refractivity contribution < 1.29 is 14.3 Å². The van der Waals surface area contributed by atoms with Gasteiger partial charge in [0.05, 0.1) is 23.2 Å². The fraction of sp³-hybridized carbons (Fsp3) is 0.375. The van der Waals surface area contributed by atoms with Gasteiger partial charge in [0.1, 0.15) is 5.76 Å². The van der Waals surface area contributed by atoms with E-state index in [1.807, 2.05) is 26.8 Å². The molecule has 1 aliphatic carbocycles. The van der Waals surface area contributed by atoms with Gasteiger partial charge in [-0.15, -0.1) is 0 Å². The average Bonchev–Trinajstić information content (AvgIpc) is 2.84. The van der Waals surface area contributed by atoms with Crippen molar-refractivity contribution >= 4 is 5.97 Å². The predicted molar refractivity (Wildman–Crippen MR) is 75.0 cm³/mol. The van der Waals surface area contributed by atoms with E-state index >= 15 is 0 Å². The molecule has 1 aliphatic rings. The minimum atomic E-state index is -0.914. The smallest absolute Gasteiger partial charge is 0.337 e. The molecule has 0 atom stereocenters. The van der Waals surface area contributed by atoms with Crippen LogP contribution in [-0.2, 0) is 18.3 Å². The van der Waals surface area contributed by atoms with Crippen molar-refractivity contribution in [3.8, 4) is 11.3 Å². The van der Waals surface area contributed by atoms with Gasteiger partial charge < -0.3 is 9.52 Å². The van der Waals surface area contributed by atoms with Crippen LogP contribution in [0, 0.1) is 0 Å². The van der Waals surface area contributed by atoms with Crippen LogP contribution in [0.3, 0.4) is 0 Å². The molecular weight excluding hydrogens is 254 g/mol. The number of aryl methyl sites for hydroxylation is 2. The van der Waals surface area contributed by atoms with Crippen molar-refractivity contribution in [2.24, 2.45) is 0 Å². The van der Waals surface area contributed by atoms with E-state index in [1.165, 1.54) is 0 Å². The number of carboxylic acids is 1. The molecule has 0 amide bonds. The Balaban J connectivity index is 2.28. The first-order valence-corrected chi connectivity index (χ1v) is 6.72. The van der Waals surface area contributed by atoms with Gasteiger partial charge in [0.2, 0.25) is 0 Å². The van der Waals surface area contributed by atoms with Crippen LogP contribution >= 0.6 is 0 Å². The Labute approximate surface area is 117 Å². The molecule has 0 unspecified atom stereocenters. The first-order chi connectivity index (χ1) is 9.38. The summed E-state index contributed by atoms with van der Waals surface area (Å²) in [6, 6.07) is 3.69. The second-order valence-corrected chi connectivity index (χ2v) is 6.20. The molecule has 2 aromatic heterocycles. The van der Waals surface area contributed by atoms with Gasteiger partial charge in [0, 0.05) is 17.4 Å². The molecule has 2 aromatic rings. The van der Waals surface area contributed by atoms with Crippen LogP contribution in [0.2, 0.25) is 0 Å². The molecule has 0 spiro atoms. The molecule has 0 saturated carbocycles. The van der Waals surface area contributed by atoms with Gasteiger partial charge in [-0.25, -0.2) is 4.79 Å². The number of hydrogen-bond acceptors (Lipinski definition) is 3. The average molecular weight is 271 g/mol. The lowest BCUT2D eigenvalue weighted by Crippen LogP contribution is -2.21. The highest BCUT2D eigenvalue weighted by molar-refractivity contribution is 5.90. The summed E-state index contributed by atoms with van der Waals surface area (Å²) in [5, 5.41) is 9.43. The van der Waals surface area contributed by atoms with Crippen molar-refractivity contribution in [2.45, 2.75) is 39.0 Å². The molecule has 1 N–H and O–H groups in total. The number of hydrogen-bond donors (Lipinski definition) is 1. The second kappa shape index (κ2) is 4.20. The van der Waals surface area contributed by atoms with Crippen molar-refractivity contribution in [2.75, 3.05) is 0 Å². The minimum absolute atomic E-state index is 0.309. The highest BCUT2D eigenvalue weighted by Gasteiger charge is 2.28. The Morgan fingerprint density at radius 2 is 2.10 bits per heavy atom. The highest BCUT2D eigenvalue weighted by Crippen LogP contribution is 2.36. The van der Waals surface area contributed by atoms with Crippen molar-refractivity contribution in [1.29, 1.82) is 0 Å².